The van der Waals surface area contributed by atoms with Crippen LogP contribution in [-0.2, 0) is 10.1 Å². The molecule has 0 aromatic carbocycles. The molecule has 8 heavy (non-hydrogen) atoms. The molecule has 50 valence electrons. The smallest absolute Gasteiger partial charge is 0.282 e. The molecular weight excluding hydrogens is 198 g/mol. The predicted molar refractivity (Wildman–Crippen MR) is 31.8 cm³/mol. The molecule has 0 heterocycles. The van der Waals surface area contributed by atoms with E-state index >= 15 is 0 Å². The van der Waals surface area contributed by atoms with E-state index in [1.807, 2.05) is 0 Å². The maximum Gasteiger partial charge on any atom is 0.317 e. The number of hydrogen-bond acceptors (Lipinski definition) is 2. The van der Waals surface area contributed by atoms with Crippen LogP contribution < -0.4 is 0 Å². The van der Waals surface area contributed by atoms with Crippen molar-refractivity contribution in [2.75, 3.05) is 0 Å². The molecule has 0 aromatic heterocycles. The van der Waals surface area contributed by atoms with Gasteiger partial charge < -0.3 is 0 Å². The van der Waals surface area contributed by atoms with Crippen LogP contribution in [-0.4, -0.2) is 16.1 Å². The van der Waals surface area contributed by atoms with E-state index in [1.165, 1.54) is 0 Å². The van der Waals surface area contributed by atoms with E-state index in [0.717, 1.165) is 0 Å². The van der Waals surface area contributed by atoms with Gasteiger partial charge >= 0.3 is 13.2 Å². The van der Waals surface area contributed by atoms with Crippen molar-refractivity contribution in [2.45, 2.75) is 3.12 Å². The van der Waals surface area contributed by atoms with Crippen molar-refractivity contribution < 1.29 is 13.0 Å². The summed E-state index contributed by atoms with van der Waals surface area (Å²) in [6, 6.07) is 0. The Morgan fingerprint density at radius 1 is 1.25 bits per heavy atom. The maximum absolute atomic E-state index is 9.81. The Balaban J connectivity index is 4.53. The minimum Gasteiger partial charge on any atom is -0.282 e. The molecule has 0 amide bonds. The third-order valence-electron chi connectivity index (χ3n) is 0.292. The van der Waals surface area contributed by atoms with Crippen LogP contribution in [0.5, 0.6) is 0 Å². The van der Waals surface area contributed by atoms with Crippen molar-refractivity contribution in [1.29, 1.82) is 0 Å². The van der Waals surface area contributed by atoms with Gasteiger partial charge in [0.05, 0.1) is 0 Å². The van der Waals surface area contributed by atoms with Gasteiger partial charge in [0.15, 0.2) is 0 Å². The second-order valence-corrected chi connectivity index (χ2v) is 5.44. The Labute approximate surface area is 61.3 Å². The number of alkyl halides is 3. The lowest BCUT2D eigenvalue weighted by atomic mass is 11.8. The van der Waals surface area contributed by atoms with Gasteiger partial charge in [0.1, 0.15) is 0 Å². The van der Waals surface area contributed by atoms with Crippen molar-refractivity contribution >= 4 is 44.9 Å². The quantitative estimate of drug-likeness (QED) is 0.471. The van der Waals surface area contributed by atoms with Crippen LogP contribution in [0.15, 0.2) is 0 Å². The Morgan fingerprint density at radius 2 is 1.38 bits per heavy atom. The fraction of sp³-hybridized carbons (Fsp3) is 1.00. The largest absolute Gasteiger partial charge is 0.317 e. The Kier molecular flexibility index (Phi) is 2.40. The summed E-state index contributed by atoms with van der Waals surface area (Å²) >= 11 is 14.1. The second kappa shape index (κ2) is 2.19. The van der Waals surface area contributed by atoms with Crippen LogP contribution in [0.2, 0.25) is 0 Å². The standard InChI is InChI=1S/CHCl3O3S/c2-1(3,4)8(5,6)7/h(H,5,6,7). The molecule has 7 heteroatoms. The van der Waals surface area contributed by atoms with Crippen LogP contribution in [0.1, 0.15) is 0 Å². The molecule has 0 spiro atoms. The summed E-state index contributed by atoms with van der Waals surface area (Å²) in [7, 11) is -4.54. The van der Waals surface area contributed by atoms with Gasteiger partial charge in [0.2, 0.25) is 0 Å². The molecule has 0 rings (SSSR count). The SMILES string of the molecule is O=S(=O)(O)C(Cl)(Cl)Cl. The van der Waals surface area contributed by atoms with Crippen molar-refractivity contribution in [3.05, 3.63) is 0 Å². The highest BCUT2D eigenvalue weighted by molar-refractivity contribution is 7.92. The fourth-order valence-electron chi connectivity index (χ4n) is 0. The first kappa shape index (κ1) is 8.78. The highest BCUT2D eigenvalue weighted by Gasteiger charge is 2.35. The van der Waals surface area contributed by atoms with Crippen LogP contribution in [0.3, 0.4) is 0 Å². The zero-order valence-corrected chi connectivity index (χ0v) is 6.39. The molecule has 3 nitrogen and oxygen atoms in total. The van der Waals surface area contributed by atoms with E-state index in [-0.39, 0.29) is 0 Å². The van der Waals surface area contributed by atoms with Crippen LogP contribution >= 0.6 is 34.8 Å². The van der Waals surface area contributed by atoms with Gasteiger partial charge in [0.25, 0.3) is 0 Å². The molecule has 0 fully saturated rings. The summed E-state index contributed by atoms with van der Waals surface area (Å²) in [4.78, 5) is 0. The monoisotopic (exact) mass is 198 g/mol. The number of rotatable bonds is 0. The van der Waals surface area contributed by atoms with E-state index in [4.69, 9.17) is 39.4 Å². The highest BCUT2D eigenvalue weighted by atomic mass is 35.6. The molecule has 0 aromatic rings. The van der Waals surface area contributed by atoms with Gasteiger partial charge in [-0.15, -0.1) is 0 Å². The van der Waals surface area contributed by atoms with Gasteiger partial charge in [-0.05, 0) is 0 Å². The summed E-state index contributed by atoms with van der Waals surface area (Å²) in [6.07, 6.45) is 0. The first-order chi connectivity index (χ1) is 3.25. The molecule has 0 aliphatic heterocycles. The van der Waals surface area contributed by atoms with Crippen LogP contribution in [0.4, 0.5) is 0 Å². The van der Waals surface area contributed by atoms with Gasteiger partial charge in [-0.2, -0.15) is 8.42 Å². The summed E-state index contributed by atoms with van der Waals surface area (Å²) < 4.78 is 24.9. The third-order valence-corrected chi connectivity index (χ3v) is 2.63. The molecule has 0 unspecified atom stereocenters. The molecule has 0 aliphatic rings. The van der Waals surface area contributed by atoms with Crippen molar-refractivity contribution in [2.24, 2.45) is 0 Å². The van der Waals surface area contributed by atoms with Crippen molar-refractivity contribution in [1.82, 2.24) is 0 Å². The summed E-state index contributed by atoms with van der Waals surface area (Å²) in [5.74, 6) is 0. The van der Waals surface area contributed by atoms with Gasteiger partial charge in [0, 0.05) is 0 Å². The topological polar surface area (TPSA) is 54.4 Å². The van der Waals surface area contributed by atoms with Crippen LogP contribution in [0.25, 0.3) is 0 Å². The van der Waals surface area contributed by atoms with Gasteiger partial charge in [-0.3, -0.25) is 4.55 Å². The second-order valence-electron chi connectivity index (χ2n) is 0.921. The molecule has 0 saturated heterocycles. The molecule has 0 aliphatic carbocycles. The van der Waals surface area contributed by atoms with Gasteiger partial charge in [-0.1, -0.05) is 34.8 Å². The molecule has 0 atom stereocenters. The van der Waals surface area contributed by atoms with Crippen molar-refractivity contribution in [3.63, 3.8) is 0 Å². The molecule has 0 bridgehead atoms. The van der Waals surface area contributed by atoms with E-state index in [0.29, 0.717) is 0 Å². The average Bonchev–Trinajstić information content (AvgIpc) is 1.25. The molecular formula is CHCl3O3S. The predicted octanol–water partition coefficient (Wildman–Crippen LogP) is 1.20. The zero-order valence-electron chi connectivity index (χ0n) is 3.31. The summed E-state index contributed by atoms with van der Waals surface area (Å²) in [6.45, 7) is 0. The van der Waals surface area contributed by atoms with E-state index < -0.39 is 13.2 Å². The number of hydrogen-bond donors (Lipinski definition) is 1. The summed E-state index contributed by atoms with van der Waals surface area (Å²) in [5, 5.41) is 0. The highest BCUT2D eigenvalue weighted by Crippen LogP contribution is 2.31. The van der Waals surface area contributed by atoms with E-state index in [2.05, 4.69) is 0 Å². The Morgan fingerprint density at radius 3 is 1.38 bits per heavy atom. The van der Waals surface area contributed by atoms with E-state index in [1.54, 1.807) is 0 Å². The van der Waals surface area contributed by atoms with Crippen LogP contribution in [0, 0.1) is 0 Å². The normalized spacial score (nSPS) is 14.0. The Bertz CT molecular complexity index is 163. The minimum absolute atomic E-state index is 2.62. The lowest BCUT2D eigenvalue weighted by molar-refractivity contribution is 0.483. The first-order valence-electron chi connectivity index (χ1n) is 1.29. The first-order valence-corrected chi connectivity index (χ1v) is 3.86. The summed E-state index contributed by atoms with van der Waals surface area (Å²) in [5.41, 5.74) is 0. The average molecular weight is 199 g/mol. The lowest BCUT2D eigenvalue weighted by Gasteiger charge is -2.03. The molecule has 0 saturated carbocycles. The van der Waals surface area contributed by atoms with Crippen molar-refractivity contribution in [3.8, 4) is 0 Å². The lowest BCUT2D eigenvalue weighted by Crippen LogP contribution is -2.17. The molecule has 1 N–H and O–H groups in total. The third kappa shape index (κ3) is 2.37. The zero-order chi connectivity index (χ0) is 7.00. The molecule has 0 radical (unpaired) electrons. The Hall–Kier alpha value is 0.780. The fourth-order valence-corrected chi connectivity index (χ4v) is 0. The van der Waals surface area contributed by atoms with E-state index in [9.17, 15) is 8.42 Å². The van der Waals surface area contributed by atoms with Gasteiger partial charge in [-0.25, -0.2) is 0 Å². The number of halogens is 3. The minimum atomic E-state index is -4.54. The maximum atomic E-state index is 9.81.